The Hall–Kier alpha value is -2.43. The van der Waals surface area contributed by atoms with Gasteiger partial charge in [0.05, 0.1) is 12.8 Å². The van der Waals surface area contributed by atoms with Crippen molar-refractivity contribution in [1.29, 1.82) is 0 Å². The van der Waals surface area contributed by atoms with Crippen molar-refractivity contribution in [2.24, 2.45) is 0 Å². The van der Waals surface area contributed by atoms with Gasteiger partial charge in [0.25, 0.3) is 0 Å². The number of Topliss-reactive ketones (excluding diaryl/α,β-unsaturated/α-hetero) is 1. The largest absolute Gasteiger partial charge is 0.467 e. The van der Waals surface area contributed by atoms with Crippen LogP contribution in [0.5, 0.6) is 0 Å². The van der Waals surface area contributed by atoms with Crippen LogP contribution in [-0.4, -0.2) is 42.1 Å². The van der Waals surface area contributed by atoms with Crippen molar-refractivity contribution < 1.29 is 19.1 Å². The number of benzene rings is 1. The average Bonchev–Trinajstić information content (AvgIpc) is 2.99. The van der Waals surface area contributed by atoms with E-state index < -0.39 is 6.04 Å². The van der Waals surface area contributed by atoms with E-state index in [1.807, 2.05) is 0 Å². The number of ketones is 2. The molecule has 0 spiro atoms. The molecule has 0 radical (unpaired) electrons. The Bertz CT molecular complexity index is 662. The summed E-state index contributed by atoms with van der Waals surface area (Å²) in [7, 11) is 1.33. The van der Waals surface area contributed by atoms with Gasteiger partial charge >= 0.3 is 5.97 Å². The number of ether oxygens (including phenoxy) is 1. The lowest BCUT2D eigenvalue weighted by Crippen LogP contribution is -2.40. The van der Waals surface area contributed by atoms with E-state index >= 15 is 0 Å². The van der Waals surface area contributed by atoms with Gasteiger partial charge in [0.1, 0.15) is 6.04 Å². The number of nitrogens with zero attached hydrogens (tertiary/aromatic N) is 1. The Kier molecular flexibility index (Phi) is 3.33. The van der Waals surface area contributed by atoms with Crippen LogP contribution in [0.15, 0.2) is 36.0 Å². The van der Waals surface area contributed by atoms with E-state index in [1.54, 1.807) is 29.2 Å². The molecule has 1 fully saturated rings. The highest BCUT2D eigenvalue weighted by Gasteiger charge is 2.37. The number of rotatable bonds is 2. The third-order valence-corrected chi connectivity index (χ3v) is 3.97. The highest BCUT2D eigenvalue weighted by atomic mass is 16.5. The summed E-state index contributed by atoms with van der Waals surface area (Å²) in [6, 6.07) is 6.27. The van der Waals surface area contributed by atoms with Crippen LogP contribution in [-0.2, 0) is 9.53 Å². The van der Waals surface area contributed by atoms with Crippen LogP contribution in [0.25, 0.3) is 0 Å². The van der Waals surface area contributed by atoms with E-state index in [0.717, 1.165) is 6.42 Å². The van der Waals surface area contributed by atoms with Gasteiger partial charge < -0.3 is 9.64 Å². The monoisotopic (exact) mass is 285 g/mol. The summed E-state index contributed by atoms with van der Waals surface area (Å²) in [5.41, 5.74) is 1.11. The molecule has 5 heteroatoms. The zero-order valence-electron chi connectivity index (χ0n) is 11.7. The number of carbonyl (C=O) groups is 3. The fourth-order valence-corrected chi connectivity index (χ4v) is 2.95. The van der Waals surface area contributed by atoms with Crippen LogP contribution in [0.4, 0.5) is 0 Å². The van der Waals surface area contributed by atoms with Crippen LogP contribution in [0.1, 0.15) is 33.6 Å². The first-order valence-corrected chi connectivity index (χ1v) is 6.87. The van der Waals surface area contributed by atoms with Crippen molar-refractivity contribution in [1.82, 2.24) is 4.90 Å². The van der Waals surface area contributed by atoms with E-state index in [2.05, 4.69) is 0 Å². The SMILES string of the molecule is COC(=O)[C@@H]1CCCN1C1=CC(=O)c2ccccc2C1=O. The molecule has 1 saturated heterocycles. The summed E-state index contributed by atoms with van der Waals surface area (Å²) in [5.74, 6) is -0.774. The Morgan fingerprint density at radius 3 is 2.67 bits per heavy atom. The maximum absolute atomic E-state index is 12.6. The number of hydrogen-bond acceptors (Lipinski definition) is 5. The Balaban J connectivity index is 1.99. The number of hydrogen-bond donors (Lipinski definition) is 0. The lowest BCUT2D eigenvalue weighted by atomic mass is 9.92. The first-order chi connectivity index (χ1) is 10.1. The average molecular weight is 285 g/mol. The summed E-state index contributed by atoms with van der Waals surface area (Å²) in [5, 5.41) is 0. The highest BCUT2D eigenvalue weighted by Crippen LogP contribution is 2.29. The summed E-state index contributed by atoms with van der Waals surface area (Å²) in [6.45, 7) is 0.576. The number of allylic oxidation sites excluding steroid dienone is 2. The summed E-state index contributed by atoms with van der Waals surface area (Å²) < 4.78 is 4.78. The summed E-state index contributed by atoms with van der Waals surface area (Å²) >= 11 is 0. The van der Waals surface area contributed by atoms with Gasteiger partial charge in [0, 0.05) is 23.7 Å². The predicted molar refractivity (Wildman–Crippen MR) is 74.9 cm³/mol. The number of esters is 1. The van der Waals surface area contributed by atoms with Crippen molar-refractivity contribution in [3.8, 4) is 0 Å². The smallest absolute Gasteiger partial charge is 0.328 e. The molecule has 0 amide bonds. The normalized spacial score (nSPS) is 21.1. The second-order valence-corrected chi connectivity index (χ2v) is 5.14. The molecule has 1 aromatic carbocycles. The van der Waals surface area contributed by atoms with Crippen molar-refractivity contribution in [3.63, 3.8) is 0 Å². The van der Waals surface area contributed by atoms with Crippen LogP contribution >= 0.6 is 0 Å². The quantitative estimate of drug-likeness (QED) is 0.772. The van der Waals surface area contributed by atoms with Gasteiger partial charge in [0.15, 0.2) is 5.78 Å². The first kappa shape index (κ1) is 13.5. The fourth-order valence-electron chi connectivity index (χ4n) is 2.95. The van der Waals surface area contributed by atoms with Crippen LogP contribution in [0, 0.1) is 0 Å². The molecule has 1 aromatic rings. The summed E-state index contributed by atoms with van der Waals surface area (Å²) in [4.78, 5) is 38.3. The van der Waals surface area contributed by atoms with Gasteiger partial charge in [-0.15, -0.1) is 0 Å². The van der Waals surface area contributed by atoms with Crippen molar-refractivity contribution in [2.45, 2.75) is 18.9 Å². The van der Waals surface area contributed by atoms with Gasteiger partial charge in [-0.25, -0.2) is 4.79 Å². The molecule has 0 saturated carbocycles. The Morgan fingerprint density at radius 1 is 1.24 bits per heavy atom. The second kappa shape index (κ2) is 5.16. The van der Waals surface area contributed by atoms with E-state index in [9.17, 15) is 14.4 Å². The highest BCUT2D eigenvalue weighted by molar-refractivity contribution is 6.24. The zero-order valence-corrected chi connectivity index (χ0v) is 11.7. The number of fused-ring (bicyclic) bond motifs is 1. The molecule has 1 heterocycles. The first-order valence-electron chi connectivity index (χ1n) is 6.87. The van der Waals surface area contributed by atoms with Crippen LogP contribution in [0.2, 0.25) is 0 Å². The van der Waals surface area contributed by atoms with Gasteiger partial charge in [-0.3, -0.25) is 9.59 Å². The molecule has 1 aliphatic heterocycles. The van der Waals surface area contributed by atoms with Gasteiger partial charge in [-0.1, -0.05) is 24.3 Å². The van der Waals surface area contributed by atoms with E-state index in [0.29, 0.717) is 29.8 Å². The van der Waals surface area contributed by atoms with Gasteiger partial charge in [-0.2, -0.15) is 0 Å². The molecule has 108 valence electrons. The van der Waals surface area contributed by atoms with E-state index in [-0.39, 0.29) is 17.5 Å². The molecule has 0 unspecified atom stereocenters. The van der Waals surface area contributed by atoms with E-state index in [4.69, 9.17) is 4.74 Å². The Morgan fingerprint density at radius 2 is 1.95 bits per heavy atom. The van der Waals surface area contributed by atoms with Gasteiger partial charge in [0.2, 0.25) is 5.78 Å². The molecule has 0 aromatic heterocycles. The number of likely N-dealkylation sites (tertiary alicyclic amines) is 1. The molecule has 3 rings (SSSR count). The van der Waals surface area contributed by atoms with Gasteiger partial charge in [-0.05, 0) is 12.8 Å². The van der Waals surface area contributed by atoms with Crippen LogP contribution in [0.3, 0.4) is 0 Å². The molecule has 0 bridgehead atoms. The Labute approximate surface area is 122 Å². The van der Waals surface area contributed by atoms with Crippen molar-refractivity contribution >= 4 is 17.5 Å². The lowest BCUT2D eigenvalue weighted by Gasteiger charge is -2.28. The summed E-state index contributed by atoms with van der Waals surface area (Å²) in [6.07, 6.45) is 2.76. The molecule has 1 aliphatic carbocycles. The predicted octanol–water partition coefficient (Wildman–Crippen LogP) is 1.59. The zero-order chi connectivity index (χ0) is 15.0. The van der Waals surface area contributed by atoms with Crippen LogP contribution < -0.4 is 0 Å². The number of carbonyl (C=O) groups excluding carboxylic acids is 3. The number of methoxy groups -OCH3 is 1. The van der Waals surface area contributed by atoms with Crippen molar-refractivity contribution in [2.75, 3.05) is 13.7 Å². The fraction of sp³-hybridized carbons (Fsp3) is 0.312. The maximum Gasteiger partial charge on any atom is 0.328 e. The minimum Gasteiger partial charge on any atom is -0.467 e. The minimum atomic E-state index is -0.483. The molecular formula is C16H15NO4. The second-order valence-electron chi connectivity index (χ2n) is 5.14. The van der Waals surface area contributed by atoms with E-state index in [1.165, 1.54) is 13.2 Å². The third kappa shape index (κ3) is 2.14. The third-order valence-electron chi connectivity index (χ3n) is 3.97. The molecule has 21 heavy (non-hydrogen) atoms. The maximum atomic E-state index is 12.6. The standard InChI is InChI=1S/C16H15NO4/c1-21-16(20)12-7-4-8-17(12)13-9-14(18)10-5-2-3-6-11(10)15(13)19/h2-3,5-6,9,12H,4,7-8H2,1H3/t12-/m0/s1. The van der Waals surface area contributed by atoms with Crippen molar-refractivity contribution in [3.05, 3.63) is 47.2 Å². The molecule has 0 N–H and O–H groups in total. The minimum absolute atomic E-state index is 0.198. The lowest BCUT2D eigenvalue weighted by molar-refractivity contribution is -0.145. The topological polar surface area (TPSA) is 63.7 Å². The molecular weight excluding hydrogens is 270 g/mol. The molecule has 2 aliphatic rings. The molecule has 5 nitrogen and oxygen atoms in total. The molecule has 1 atom stereocenters.